The molecule has 0 radical (unpaired) electrons. The van der Waals surface area contributed by atoms with E-state index in [2.05, 4.69) is 45.5 Å². The summed E-state index contributed by atoms with van der Waals surface area (Å²) in [6, 6.07) is 4.25. The number of nitrogens with one attached hydrogen (secondary N) is 1. The van der Waals surface area contributed by atoms with Crippen molar-refractivity contribution >= 4 is 11.3 Å². The molecule has 2 heterocycles. The third-order valence-electron chi connectivity index (χ3n) is 2.47. The molecule has 0 fully saturated rings. The first-order valence-corrected chi connectivity index (χ1v) is 6.56. The van der Waals surface area contributed by atoms with Gasteiger partial charge in [-0.05, 0) is 25.1 Å². The predicted molar refractivity (Wildman–Crippen MR) is 67.6 cm³/mol. The van der Waals surface area contributed by atoms with E-state index in [4.69, 9.17) is 0 Å². The Morgan fingerprint density at radius 1 is 1.50 bits per heavy atom. The van der Waals surface area contributed by atoms with Gasteiger partial charge in [-0.2, -0.15) is 0 Å². The molecule has 1 N–H and O–H groups in total. The molecule has 0 aliphatic rings. The summed E-state index contributed by atoms with van der Waals surface area (Å²) < 4.78 is 2.25. The summed E-state index contributed by atoms with van der Waals surface area (Å²) in [5.41, 5.74) is 4.34. The Morgan fingerprint density at radius 3 is 3.19 bits per heavy atom. The molecule has 0 amide bonds. The number of rotatable bonds is 6. The van der Waals surface area contributed by atoms with Crippen molar-refractivity contribution in [2.75, 3.05) is 6.54 Å². The summed E-state index contributed by atoms with van der Waals surface area (Å²) in [4.78, 5) is 4.31. The number of thiazole rings is 1. The van der Waals surface area contributed by atoms with E-state index in [1.54, 1.807) is 11.3 Å². The van der Waals surface area contributed by atoms with Gasteiger partial charge in [0, 0.05) is 23.8 Å². The van der Waals surface area contributed by atoms with Crippen LogP contribution in [0.3, 0.4) is 0 Å². The van der Waals surface area contributed by atoms with Gasteiger partial charge in [0.1, 0.15) is 0 Å². The fraction of sp³-hybridized carbons (Fsp3) is 0.417. The molecular formula is C12H17N3S. The van der Waals surface area contributed by atoms with E-state index in [-0.39, 0.29) is 0 Å². The molecule has 0 spiro atoms. The van der Waals surface area contributed by atoms with Gasteiger partial charge in [0.25, 0.3) is 0 Å². The first kappa shape index (κ1) is 11.4. The minimum Gasteiger partial charge on any atom is -0.344 e. The molecule has 86 valence electrons. The zero-order chi connectivity index (χ0) is 11.2. The van der Waals surface area contributed by atoms with Crippen LogP contribution in [0.15, 0.2) is 29.2 Å². The van der Waals surface area contributed by atoms with Crippen molar-refractivity contribution < 1.29 is 0 Å². The average Bonchev–Trinajstić information content (AvgIpc) is 2.92. The Hall–Kier alpha value is -1.13. The Kier molecular flexibility index (Phi) is 4.13. The summed E-state index contributed by atoms with van der Waals surface area (Å²) in [6.45, 7) is 5.06. The first-order valence-electron chi connectivity index (χ1n) is 5.62. The minimum absolute atomic E-state index is 0.875. The molecule has 2 rings (SSSR count). The van der Waals surface area contributed by atoms with Crippen LogP contribution in [-0.4, -0.2) is 16.1 Å². The van der Waals surface area contributed by atoms with Crippen LogP contribution in [0.4, 0.5) is 0 Å². The van der Waals surface area contributed by atoms with Gasteiger partial charge in [0.2, 0.25) is 0 Å². The van der Waals surface area contributed by atoms with E-state index in [9.17, 15) is 0 Å². The van der Waals surface area contributed by atoms with Gasteiger partial charge >= 0.3 is 0 Å². The molecule has 0 bridgehead atoms. The van der Waals surface area contributed by atoms with Crippen molar-refractivity contribution in [1.29, 1.82) is 0 Å². The molecule has 4 heteroatoms. The van der Waals surface area contributed by atoms with Crippen molar-refractivity contribution in [1.82, 2.24) is 14.9 Å². The maximum Gasteiger partial charge on any atom is 0.0795 e. The second-order valence-corrected chi connectivity index (χ2v) is 4.50. The summed E-state index contributed by atoms with van der Waals surface area (Å²) in [7, 11) is 0. The maximum absolute atomic E-state index is 4.31. The number of nitrogens with zero attached hydrogens (tertiary/aromatic N) is 2. The lowest BCUT2D eigenvalue weighted by atomic mass is 10.4. The topological polar surface area (TPSA) is 29.9 Å². The van der Waals surface area contributed by atoms with E-state index in [0.717, 1.165) is 25.3 Å². The number of aromatic nitrogens is 2. The van der Waals surface area contributed by atoms with Crippen LogP contribution < -0.4 is 5.32 Å². The molecule has 2 aromatic heterocycles. The van der Waals surface area contributed by atoms with Gasteiger partial charge in [-0.15, -0.1) is 11.3 Å². The van der Waals surface area contributed by atoms with Crippen molar-refractivity contribution in [3.05, 3.63) is 40.6 Å². The SMILES string of the molecule is CCCNCc1cccn1Cc1cscn1. The van der Waals surface area contributed by atoms with E-state index in [1.807, 2.05) is 5.51 Å². The molecule has 0 aromatic carbocycles. The maximum atomic E-state index is 4.31. The van der Waals surface area contributed by atoms with E-state index in [0.29, 0.717) is 0 Å². The molecule has 0 atom stereocenters. The second kappa shape index (κ2) is 5.82. The van der Waals surface area contributed by atoms with Crippen LogP contribution in [0.5, 0.6) is 0 Å². The molecule has 3 nitrogen and oxygen atoms in total. The van der Waals surface area contributed by atoms with Gasteiger partial charge in [-0.1, -0.05) is 6.92 Å². The zero-order valence-corrected chi connectivity index (χ0v) is 10.3. The highest BCUT2D eigenvalue weighted by atomic mass is 32.1. The Bertz CT molecular complexity index is 406. The minimum atomic E-state index is 0.875. The van der Waals surface area contributed by atoms with Crippen LogP contribution >= 0.6 is 11.3 Å². The molecular weight excluding hydrogens is 218 g/mol. The van der Waals surface area contributed by atoms with Crippen LogP contribution in [0.2, 0.25) is 0 Å². The van der Waals surface area contributed by atoms with E-state index >= 15 is 0 Å². The van der Waals surface area contributed by atoms with Crippen LogP contribution in [0, 0.1) is 0 Å². The number of hydrogen-bond acceptors (Lipinski definition) is 3. The normalized spacial score (nSPS) is 10.8. The van der Waals surface area contributed by atoms with E-state index in [1.165, 1.54) is 12.1 Å². The molecule has 0 saturated carbocycles. The summed E-state index contributed by atoms with van der Waals surface area (Å²) in [5.74, 6) is 0. The average molecular weight is 235 g/mol. The summed E-state index contributed by atoms with van der Waals surface area (Å²) >= 11 is 1.65. The van der Waals surface area contributed by atoms with Gasteiger partial charge < -0.3 is 9.88 Å². The second-order valence-electron chi connectivity index (χ2n) is 3.78. The summed E-state index contributed by atoms with van der Waals surface area (Å²) in [6.07, 6.45) is 3.29. The quantitative estimate of drug-likeness (QED) is 0.780. The monoisotopic (exact) mass is 235 g/mol. The smallest absolute Gasteiger partial charge is 0.0795 e. The zero-order valence-electron chi connectivity index (χ0n) is 9.52. The highest BCUT2D eigenvalue weighted by Crippen LogP contribution is 2.08. The Morgan fingerprint density at radius 2 is 2.44 bits per heavy atom. The van der Waals surface area contributed by atoms with E-state index < -0.39 is 0 Å². The van der Waals surface area contributed by atoms with Crippen LogP contribution in [0.25, 0.3) is 0 Å². The molecule has 16 heavy (non-hydrogen) atoms. The van der Waals surface area contributed by atoms with Gasteiger partial charge in [-0.25, -0.2) is 4.98 Å². The van der Waals surface area contributed by atoms with Crippen LogP contribution in [-0.2, 0) is 13.1 Å². The van der Waals surface area contributed by atoms with Crippen molar-refractivity contribution in [2.24, 2.45) is 0 Å². The third kappa shape index (κ3) is 2.93. The largest absolute Gasteiger partial charge is 0.344 e. The molecule has 2 aromatic rings. The Balaban J connectivity index is 1.96. The van der Waals surface area contributed by atoms with Crippen molar-refractivity contribution in [2.45, 2.75) is 26.4 Å². The van der Waals surface area contributed by atoms with Gasteiger partial charge in [0.15, 0.2) is 0 Å². The fourth-order valence-corrected chi connectivity index (χ4v) is 2.20. The number of hydrogen-bond donors (Lipinski definition) is 1. The third-order valence-corrected chi connectivity index (χ3v) is 3.11. The summed E-state index contributed by atoms with van der Waals surface area (Å²) in [5, 5.41) is 5.52. The lowest BCUT2D eigenvalue weighted by molar-refractivity contribution is 0.627. The molecule has 0 aliphatic heterocycles. The molecule has 0 saturated heterocycles. The van der Waals surface area contributed by atoms with Crippen molar-refractivity contribution in [3.8, 4) is 0 Å². The molecule has 0 unspecified atom stereocenters. The predicted octanol–water partition coefficient (Wildman–Crippen LogP) is 2.49. The highest BCUT2D eigenvalue weighted by Gasteiger charge is 2.02. The van der Waals surface area contributed by atoms with Crippen molar-refractivity contribution in [3.63, 3.8) is 0 Å². The van der Waals surface area contributed by atoms with Gasteiger partial charge in [0.05, 0.1) is 17.7 Å². The lowest BCUT2D eigenvalue weighted by Gasteiger charge is -2.08. The lowest BCUT2D eigenvalue weighted by Crippen LogP contribution is -2.17. The van der Waals surface area contributed by atoms with Crippen LogP contribution in [0.1, 0.15) is 24.7 Å². The highest BCUT2D eigenvalue weighted by molar-refractivity contribution is 7.07. The fourth-order valence-electron chi connectivity index (χ4n) is 1.65. The Labute approximate surface area is 100 Å². The standard InChI is InChI=1S/C12H17N3S/c1-2-5-13-7-12-4-3-6-15(12)8-11-9-16-10-14-11/h3-4,6,9-10,13H,2,5,7-8H2,1H3. The van der Waals surface area contributed by atoms with Gasteiger partial charge in [-0.3, -0.25) is 0 Å². The first-order chi connectivity index (χ1) is 7.90. The molecule has 0 aliphatic carbocycles.